The predicted octanol–water partition coefficient (Wildman–Crippen LogP) is 0.495. The fourth-order valence-electron chi connectivity index (χ4n) is 1.35. The molecule has 1 fully saturated rings. The molecular formula is C8H15N3. The number of hydrogen-bond acceptors (Lipinski definition) is 3. The van der Waals surface area contributed by atoms with Crippen LogP contribution in [0.25, 0.3) is 0 Å². The minimum Gasteiger partial charge on any atom is -0.312 e. The van der Waals surface area contributed by atoms with Gasteiger partial charge in [0, 0.05) is 20.1 Å². The maximum absolute atomic E-state index is 8.47. The fraction of sp³-hybridized carbons (Fsp3) is 0.875. The number of rotatable bonds is 3. The molecule has 11 heavy (non-hydrogen) atoms. The molecule has 0 N–H and O–H groups in total. The van der Waals surface area contributed by atoms with Gasteiger partial charge in [0.25, 0.3) is 0 Å². The molecule has 0 saturated carbocycles. The zero-order valence-corrected chi connectivity index (χ0v) is 7.08. The van der Waals surface area contributed by atoms with Gasteiger partial charge in [-0.25, -0.2) is 0 Å². The number of nitrogens with zero attached hydrogens (tertiary/aromatic N) is 3. The fourth-order valence-corrected chi connectivity index (χ4v) is 1.35. The molecule has 0 spiro atoms. The maximum atomic E-state index is 8.47. The molecule has 0 bridgehead atoms. The van der Waals surface area contributed by atoms with Gasteiger partial charge in [0.1, 0.15) is 0 Å². The minimum atomic E-state index is 0.872. The first kappa shape index (κ1) is 8.35. The summed E-state index contributed by atoms with van der Waals surface area (Å²) in [5.74, 6) is 0. The van der Waals surface area contributed by atoms with Gasteiger partial charge >= 0.3 is 0 Å². The van der Waals surface area contributed by atoms with Crippen LogP contribution < -0.4 is 0 Å². The van der Waals surface area contributed by atoms with Crippen LogP contribution in [-0.4, -0.2) is 43.0 Å². The number of hydrogen-bond donors (Lipinski definition) is 0. The van der Waals surface area contributed by atoms with Crippen molar-refractivity contribution in [1.29, 1.82) is 5.26 Å². The monoisotopic (exact) mass is 153 g/mol. The van der Waals surface area contributed by atoms with Gasteiger partial charge in [-0.05, 0) is 25.9 Å². The molecule has 0 aromatic carbocycles. The van der Waals surface area contributed by atoms with Gasteiger partial charge in [-0.1, -0.05) is 0 Å². The van der Waals surface area contributed by atoms with E-state index < -0.39 is 0 Å². The predicted molar refractivity (Wildman–Crippen MR) is 43.9 cm³/mol. The molecule has 3 nitrogen and oxygen atoms in total. The van der Waals surface area contributed by atoms with Crippen LogP contribution in [0.2, 0.25) is 0 Å². The van der Waals surface area contributed by atoms with E-state index in [1.165, 1.54) is 25.9 Å². The first-order valence-electron chi connectivity index (χ1n) is 4.16. The number of likely N-dealkylation sites (tertiary alicyclic amines) is 1. The average molecular weight is 153 g/mol. The summed E-state index contributed by atoms with van der Waals surface area (Å²) < 4.78 is 0. The zero-order chi connectivity index (χ0) is 8.10. The Morgan fingerprint density at radius 1 is 1.45 bits per heavy atom. The highest BCUT2D eigenvalue weighted by molar-refractivity contribution is 4.72. The van der Waals surface area contributed by atoms with Crippen molar-refractivity contribution >= 4 is 0 Å². The summed E-state index contributed by atoms with van der Waals surface area (Å²) in [5.41, 5.74) is 0. The molecule has 0 aromatic rings. The van der Waals surface area contributed by atoms with Crippen molar-refractivity contribution < 1.29 is 0 Å². The molecule has 0 radical (unpaired) electrons. The van der Waals surface area contributed by atoms with Crippen LogP contribution in [0, 0.1) is 11.5 Å². The standard InChI is InChI=1S/C8H15N3/c1-10(8-9)6-7-11-4-2-3-5-11/h2-7H2,1H3. The Hall–Kier alpha value is -0.750. The maximum Gasteiger partial charge on any atom is 0.179 e. The molecule has 1 saturated heterocycles. The van der Waals surface area contributed by atoms with Crippen molar-refractivity contribution in [2.24, 2.45) is 0 Å². The summed E-state index contributed by atoms with van der Waals surface area (Å²) in [6, 6.07) is 0. The Balaban J connectivity index is 2.07. The van der Waals surface area contributed by atoms with E-state index in [9.17, 15) is 0 Å². The van der Waals surface area contributed by atoms with Crippen LogP contribution >= 0.6 is 0 Å². The van der Waals surface area contributed by atoms with Crippen molar-refractivity contribution in [3.05, 3.63) is 0 Å². The number of nitriles is 1. The lowest BCUT2D eigenvalue weighted by Crippen LogP contribution is -2.28. The second kappa shape index (κ2) is 4.20. The van der Waals surface area contributed by atoms with Gasteiger partial charge in [0.2, 0.25) is 0 Å². The minimum absolute atomic E-state index is 0.872. The van der Waals surface area contributed by atoms with Crippen molar-refractivity contribution in [3.8, 4) is 6.19 Å². The van der Waals surface area contributed by atoms with Crippen molar-refractivity contribution in [2.45, 2.75) is 12.8 Å². The highest BCUT2D eigenvalue weighted by atomic mass is 15.2. The quantitative estimate of drug-likeness (QED) is 0.437. The van der Waals surface area contributed by atoms with Gasteiger partial charge in [0.15, 0.2) is 6.19 Å². The summed E-state index contributed by atoms with van der Waals surface area (Å²) >= 11 is 0. The smallest absolute Gasteiger partial charge is 0.179 e. The highest BCUT2D eigenvalue weighted by Gasteiger charge is 2.10. The van der Waals surface area contributed by atoms with E-state index in [0.717, 1.165) is 13.1 Å². The Morgan fingerprint density at radius 2 is 2.09 bits per heavy atom. The van der Waals surface area contributed by atoms with Crippen molar-refractivity contribution in [3.63, 3.8) is 0 Å². The third-order valence-corrected chi connectivity index (χ3v) is 2.12. The molecule has 1 aliphatic heterocycles. The van der Waals surface area contributed by atoms with E-state index >= 15 is 0 Å². The molecule has 3 heteroatoms. The zero-order valence-electron chi connectivity index (χ0n) is 7.08. The van der Waals surface area contributed by atoms with E-state index in [2.05, 4.69) is 11.1 Å². The lowest BCUT2D eigenvalue weighted by molar-refractivity contribution is 0.301. The second-order valence-corrected chi connectivity index (χ2v) is 3.07. The lowest BCUT2D eigenvalue weighted by Gasteiger charge is -2.16. The van der Waals surface area contributed by atoms with Crippen LogP contribution in [-0.2, 0) is 0 Å². The number of likely N-dealkylation sites (N-methyl/N-ethyl adjacent to an activating group) is 1. The molecule has 62 valence electrons. The molecule has 0 aliphatic carbocycles. The molecule has 0 unspecified atom stereocenters. The summed E-state index contributed by atoms with van der Waals surface area (Å²) in [6.45, 7) is 4.36. The van der Waals surface area contributed by atoms with E-state index in [1.54, 1.807) is 4.90 Å². The normalized spacial score (nSPS) is 18.2. The van der Waals surface area contributed by atoms with Crippen molar-refractivity contribution in [2.75, 3.05) is 33.2 Å². The first-order valence-corrected chi connectivity index (χ1v) is 4.16. The van der Waals surface area contributed by atoms with E-state index in [-0.39, 0.29) is 0 Å². The summed E-state index contributed by atoms with van der Waals surface area (Å²) in [6.07, 6.45) is 4.75. The van der Waals surface area contributed by atoms with Crippen LogP contribution in [0.1, 0.15) is 12.8 Å². The largest absolute Gasteiger partial charge is 0.312 e. The third kappa shape index (κ3) is 2.77. The highest BCUT2D eigenvalue weighted by Crippen LogP contribution is 2.05. The van der Waals surface area contributed by atoms with Crippen LogP contribution in [0.5, 0.6) is 0 Å². The summed E-state index contributed by atoms with van der Waals surface area (Å²) in [4.78, 5) is 4.09. The molecular weight excluding hydrogens is 138 g/mol. The molecule has 1 aliphatic rings. The second-order valence-electron chi connectivity index (χ2n) is 3.07. The van der Waals surface area contributed by atoms with Gasteiger partial charge in [0.05, 0.1) is 0 Å². The topological polar surface area (TPSA) is 30.3 Å². The molecule has 0 amide bonds. The SMILES string of the molecule is CN(C#N)CCN1CCCC1. The Labute approximate surface area is 68.2 Å². The third-order valence-electron chi connectivity index (χ3n) is 2.12. The molecule has 1 heterocycles. The lowest BCUT2D eigenvalue weighted by atomic mass is 10.4. The Kier molecular flexibility index (Phi) is 3.18. The van der Waals surface area contributed by atoms with Gasteiger partial charge in [-0.15, -0.1) is 0 Å². The van der Waals surface area contributed by atoms with Gasteiger partial charge in [-0.3, -0.25) is 0 Å². The van der Waals surface area contributed by atoms with Crippen LogP contribution in [0.3, 0.4) is 0 Å². The molecule has 0 aromatic heterocycles. The molecule has 1 rings (SSSR count). The van der Waals surface area contributed by atoms with Crippen LogP contribution in [0.15, 0.2) is 0 Å². The van der Waals surface area contributed by atoms with E-state index in [1.807, 2.05) is 7.05 Å². The van der Waals surface area contributed by atoms with Crippen LogP contribution in [0.4, 0.5) is 0 Å². The first-order chi connectivity index (χ1) is 5.33. The van der Waals surface area contributed by atoms with Gasteiger partial charge in [-0.2, -0.15) is 5.26 Å². The summed E-state index contributed by atoms with van der Waals surface area (Å²) in [5, 5.41) is 8.47. The Bertz CT molecular complexity index is 144. The average Bonchev–Trinajstić information content (AvgIpc) is 2.52. The Morgan fingerprint density at radius 3 is 2.64 bits per heavy atom. The van der Waals surface area contributed by atoms with E-state index in [0.29, 0.717) is 0 Å². The van der Waals surface area contributed by atoms with Gasteiger partial charge < -0.3 is 9.80 Å². The van der Waals surface area contributed by atoms with E-state index in [4.69, 9.17) is 5.26 Å². The van der Waals surface area contributed by atoms with Crippen molar-refractivity contribution in [1.82, 2.24) is 9.80 Å². The molecule has 0 atom stereocenters. The summed E-state index contributed by atoms with van der Waals surface area (Å²) in [7, 11) is 1.83.